The molecule has 1 amide bonds. The molecule has 0 spiro atoms. The van der Waals surface area contributed by atoms with Gasteiger partial charge in [-0.1, -0.05) is 34.5 Å². The maximum atomic E-state index is 13.0. The van der Waals surface area contributed by atoms with Crippen molar-refractivity contribution in [3.8, 4) is 0 Å². The summed E-state index contributed by atoms with van der Waals surface area (Å²) >= 11 is 13.3. The van der Waals surface area contributed by atoms with Crippen molar-refractivity contribution in [3.05, 3.63) is 52.0 Å². The van der Waals surface area contributed by atoms with Gasteiger partial charge in [0.15, 0.2) is 5.13 Å². The predicted molar refractivity (Wildman–Crippen MR) is 116 cm³/mol. The van der Waals surface area contributed by atoms with E-state index in [-0.39, 0.29) is 17.3 Å². The number of nitrogens with zero attached hydrogens (tertiary/aromatic N) is 2. The highest BCUT2D eigenvalue weighted by molar-refractivity contribution is 7.89. The minimum atomic E-state index is -3.80. The molecule has 1 saturated heterocycles. The zero-order valence-corrected chi connectivity index (χ0v) is 18.5. The van der Waals surface area contributed by atoms with Crippen LogP contribution in [0.25, 0.3) is 10.2 Å². The SMILES string of the molecule is Cc1cc2sc(NC(=O)C3CCCN3S(=O)(=O)c3ccc(Cl)cc3)nc2cc1Cl. The predicted octanol–water partition coefficient (Wildman–Crippen LogP) is 4.70. The molecule has 1 atom stereocenters. The second-order valence-corrected chi connectivity index (χ2v) is 10.6. The van der Waals surface area contributed by atoms with Gasteiger partial charge < -0.3 is 5.32 Å². The van der Waals surface area contributed by atoms with Crippen LogP contribution in [0.4, 0.5) is 5.13 Å². The van der Waals surface area contributed by atoms with Crippen molar-refractivity contribution >= 4 is 65.8 Å². The fraction of sp³-hybridized carbons (Fsp3) is 0.263. The molecule has 0 saturated carbocycles. The Morgan fingerprint density at radius 3 is 2.69 bits per heavy atom. The monoisotopic (exact) mass is 469 g/mol. The minimum absolute atomic E-state index is 0.117. The lowest BCUT2D eigenvalue weighted by Crippen LogP contribution is -2.43. The third-order valence-electron chi connectivity index (χ3n) is 4.83. The van der Waals surface area contributed by atoms with Gasteiger partial charge in [0.2, 0.25) is 15.9 Å². The zero-order valence-electron chi connectivity index (χ0n) is 15.4. The number of thiazole rings is 1. The molecule has 4 rings (SSSR count). The van der Waals surface area contributed by atoms with Gasteiger partial charge in [-0.25, -0.2) is 13.4 Å². The van der Waals surface area contributed by atoms with Gasteiger partial charge in [-0.3, -0.25) is 4.79 Å². The summed E-state index contributed by atoms with van der Waals surface area (Å²) in [6.45, 7) is 2.19. The first-order valence-corrected chi connectivity index (χ1v) is 11.9. The van der Waals surface area contributed by atoms with Gasteiger partial charge in [-0.2, -0.15) is 4.31 Å². The maximum Gasteiger partial charge on any atom is 0.244 e. The van der Waals surface area contributed by atoms with Crippen LogP contribution in [0, 0.1) is 6.92 Å². The lowest BCUT2D eigenvalue weighted by molar-refractivity contribution is -0.119. The van der Waals surface area contributed by atoms with Crippen molar-refractivity contribution in [3.63, 3.8) is 0 Å². The van der Waals surface area contributed by atoms with Gasteiger partial charge in [0.05, 0.1) is 15.1 Å². The van der Waals surface area contributed by atoms with E-state index in [0.29, 0.717) is 33.5 Å². The average molecular weight is 470 g/mol. The summed E-state index contributed by atoms with van der Waals surface area (Å²) in [5.74, 6) is -0.387. The second kappa shape index (κ2) is 7.85. The number of aryl methyl sites for hydroxylation is 1. The van der Waals surface area contributed by atoms with Gasteiger partial charge in [0.25, 0.3) is 0 Å². The van der Waals surface area contributed by atoms with E-state index in [9.17, 15) is 13.2 Å². The number of carbonyl (C=O) groups excluding carboxylic acids is 1. The molecule has 0 bridgehead atoms. The molecule has 1 aliphatic heterocycles. The van der Waals surface area contributed by atoms with Gasteiger partial charge in [0, 0.05) is 16.6 Å². The number of anilines is 1. The number of benzene rings is 2. The van der Waals surface area contributed by atoms with E-state index in [4.69, 9.17) is 23.2 Å². The molecule has 3 aromatic rings. The highest BCUT2D eigenvalue weighted by Crippen LogP contribution is 2.32. The van der Waals surface area contributed by atoms with E-state index in [1.807, 2.05) is 13.0 Å². The summed E-state index contributed by atoms with van der Waals surface area (Å²) in [5.41, 5.74) is 1.62. The van der Waals surface area contributed by atoms with Crippen molar-refractivity contribution in [2.24, 2.45) is 0 Å². The van der Waals surface area contributed by atoms with Crippen LogP contribution in [-0.4, -0.2) is 36.2 Å². The van der Waals surface area contributed by atoms with Crippen LogP contribution in [0.15, 0.2) is 41.3 Å². The number of rotatable bonds is 4. The molecule has 1 unspecified atom stereocenters. The summed E-state index contributed by atoms with van der Waals surface area (Å²) < 4.78 is 28.2. The number of carbonyl (C=O) groups is 1. The normalized spacial score (nSPS) is 17.7. The van der Waals surface area contributed by atoms with Crippen molar-refractivity contribution in [1.82, 2.24) is 9.29 Å². The molecular formula is C19H17Cl2N3O3S2. The topological polar surface area (TPSA) is 79.4 Å². The lowest BCUT2D eigenvalue weighted by Gasteiger charge is -2.23. The summed E-state index contributed by atoms with van der Waals surface area (Å²) in [7, 11) is -3.80. The number of hydrogen-bond acceptors (Lipinski definition) is 5. The van der Waals surface area contributed by atoms with Gasteiger partial charge in [-0.15, -0.1) is 0 Å². The minimum Gasteiger partial charge on any atom is -0.301 e. The van der Waals surface area contributed by atoms with E-state index < -0.39 is 16.1 Å². The molecule has 1 aliphatic rings. The van der Waals surface area contributed by atoms with Crippen LogP contribution in [-0.2, 0) is 14.8 Å². The number of sulfonamides is 1. The number of hydrogen-bond donors (Lipinski definition) is 1. The quantitative estimate of drug-likeness (QED) is 0.600. The molecule has 1 N–H and O–H groups in total. The first-order chi connectivity index (χ1) is 13.8. The molecule has 152 valence electrons. The lowest BCUT2D eigenvalue weighted by atomic mass is 10.2. The van der Waals surface area contributed by atoms with Crippen molar-refractivity contribution in [2.45, 2.75) is 30.7 Å². The van der Waals surface area contributed by atoms with Crippen LogP contribution in [0.2, 0.25) is 10.0 Å². The highest BCUT2D eigenvalue weighted by Gasteiger charge is 2.39. The molecule has 1 fully saturated rings. The Morgan fingerprint density at radius 1 is 1.24 bits per heavy atom. The number of fused-ring (bicyclic) bond motifs is 1. The van der Waals surface area contributed by atoms with Gasteiger partial charge in [-0.05, 0) is 61.7 Å². The van der Waals surface area contributed by atoms with Crippen LogP contribution in [0.3, 0.4) is 0 Å². The second-order valence-electron chi connectivity index (χ2n) is 6.81. The van der Waals surface area contributed by atoms with Crippen LogP contribution < -0.4 is 5.32 Å². The van der Waals surface area contributed by atoms with Crippen molar-refractivity contribution in [2.75, 3.05) is 11.9 Å². The molecule has 10 heteroatoms. The molecule has 1 aromatic heterocycles. The Morgan fingerprint density at radius 2 is 1.97 bits per heavy atom. The van der Waals surface area contributed by atoms with E-state index in [0.717, 1.165) is 10.3 Å². The third kappa shape index (κ3) is 4.00. The van der Waals surface area contributed by atoms with E-state index in [2.05, 4.69) is 10.3 Å². The summed E-state index contributed by atoms with van der Waals surface area (Å²) in [6, 6.07) is 8.83. The van der Waals surface area contributed by atoms with E-state index in [1.54, 1.807) is 6.07 Å². The molecule has 0 radical (unpaired) electrons. The Kier molecular flexibility index (Phi) is 5.56. The average Bonchev–Trinajstić information content (AvgIpc) is 3.30. The summed E-state index contributed by atoms with van der Waals surface area (Å²) in [4.78, 5) is 17.4. The number of halogens is 2. The van der Waals surface area contributed by atoms with Crippen LogP contribution in [0.1, 0.15) is 18.4 Å². The largest absolute Gasteiger partial charge is 0.301 e. The van der Waals surface area contributed by atoms with E-state index in [1.165, 1.54) is 39.9 Å². The third-order valence-corrected chi connectivity index (χ3v) is 8.34. The number of nitrogens with one attached hydrogen (secondary N) is 1. The fourth-order valence-corrected chi connectivity index (χ4v) is 6.21. The summed E-state index contributed by atoms with van der Waals surface area (Å²) in [6.07, 6.45) is 1.06. The van der Waals surface area contributed by atoms with Crippen LogP contribution >= 0.6 is 34.5 Å². The molecule has 29 heavy (non-hydrogen) atoms. The van der Waals surface area contributed by atoms with Gasteiger partial charge >= 0.3 is 0 Å². The first kappa shape index (κ1) is 20.6. The Hall–Kier alpha value is -1.71. The maximum absolute atomic E-state index is 13.0. The highest BCUT2D eigenvalue weighted by atomic mass is 35.5. The molecule has 2 aromatic carbocycles. The van der Waals surface area contributed by atoms with Crippen molar-refractivity contribution in [1.29, 1.82) is 0 Å². The van der Waals surface area contributed by atoms with Crippen molar-refractivity contribution < 1.29 is 13.2 Å². The first-order valence-electron chi connectivity index (χ1n) is 8.90. The standard InChI is InChI=1S/C19H17Cl2N3O3S2/c1-11-9-17-15(10-14(11)21)22-19(28-17)23-18(25)16-3-2-8-24(16)29(26,27)13-6-4-12(20)5-7-13/h4-7,9-10,16H,2-3,8H2,1H3,(H,22,23,25). The number of amides is 1. The Balaban J connectivity index is 1.57. The van der Waals surface area contributed by atoms with E-state index >= 15 is 0 Å². The number of aromatic nitrogens is 1. The molecule has 2 heterocycles. The van der Waals surface area contributed by atoms with Gasteiger partial charge in [0.1, 0.15) is 6.04 Å². The summed E-state index contributed by atoms with van der Waals surface area (Å²) in [5, 5.41) is 4.25. The Bertz CT molecular complexity index is 1150. The van der Waals surface area contributed by atoms with Crippen LogP contribution in [0.5, 0.6) is 0 Å². The smallest absolute Gasteiger partial charge is 0.244 e. The Labute approximate surface area is 182 Å². The molecule has 0 aliphatic carbocycles. The molecule has 6 nitrogen and oxygen atoms in total. The molecular weight excluding hydrogens is 453 g/mol. The zero-order chi connectivity index (χ0) is 20.8. The fourth-order valence-electron chi connectivity index (χ4n) is 3.32.